The number of hydrogen-bond donors (Lipinski definition) is 1. The number of methoxy groups -OCH3 is 2. The third-order valence-electron chi connectivity index (χ3n) is 2.80. The van der Waals surface area contributed by atoms with E-state index in [9.17, 15) is 0 Å². The van der Waals surface area contributed by atoms with E-state index in [1.165, 1.54) is 5.56 Å². The van der Waals surface area contributed by atoms with Crippen LogP contribution in [0.1, 0.15) is 26.3 Å². The predicted molar refractivity (Wildman–Crippen MR) is 76.3 cm³/mol. The molecule has 19 heavy (non-hydrogen) atoms. The maximum atomic E-state index is 5.61. The van der Waals surface area contributed by atoms with Crippen LogP contribution in [0.25, 0.3) is 0 Å². The van der Waals surface area contributed by atoms with Gasteiger partial charge in [-0.3, -0.25) is 0 Å². The van der Waals surface area contributed by atoms with Gasteiger partial charge in [-0.25, -0.2) is 0 Å². The maximum Gasteiger partial charge on any atom is 0.171 e. The lowest BCUT2D eigenvalue weighted by atomic mass is 10.2. The average molecular weight is 267 g/mol. The summed E-state index contributed by atoms with van der Waals surface area (Å²) in [5.41, 5.74) is 1.20. The molecule has 1 N–H and O–H groups in total. The highest BCUT2D eigenvalue weighted by Gasteiger charge is 2.14. The summed E-state index contributed by atoms with van der Waals surface area (Å²) in [6.07, 6.45) is -0.0308. The SMILES string of the molecule is COC(OC)C(C)NCc1ccc(OC(C)C)cc1. The van der Waals surface area contributed by atoms with Crippen molar-refractivity contribution in [2.24, 2.45) is 0 Å². The normalized spacial score (nSPS) is 13.0. The lowest BCUT2D eigenvalue weighted by Crippen LogP contribution is -2.39. The fraction of sp³-hybridized carbons (Fsp3) is 0.600. The van der Waals surface area contributed by atoms with Gasteiger partial charge in [0.1, 0.15) is 5.75 Å². The van der Waals surface area contributed by atoms with E-state index in [-0.39, 0.29) is 18.4 Å². The first-order valence-corrected chi connectivity index (χ1v) is 6.61. The summed E-state index contributed by atoms with van der Waals surface area (Å²) in [5.74, 6) is 0.901. The van der Waals surface area contributed by atoms with Crippen LogP contribution in [0.15, 0.2) is 24.3 Å². The third-order valence-corrected chi connectivity index (χ3v) is 2.80. The molecule has 4 nitrogen and oxygen atoms in total. The van der Waals surface area contributed by atoms with Crippen LogP contribution in [0.5, 0.6) is 5.75 Å². The van der Waals surface area contributed by atoms with Crippen molar-refractivity contribution in [2.75, 3.05) is 14.2 Å². The quantitative estimate of drug-likeness (QED) is 0.735. The molecule has 4 heteroatoms. The summed E-state index contributed by atoms with van der Waals surface area (Å²) >= 11 is 0. The lowest BCUT2D eigenvalue weighted by molar-refractivity contribution is -0.119. The minimum atomic E-state index is -0.233. The first kappa shape index (κ1) is 16.0. The van der Waals surface area contributed by atoms with E-state index in [4.69, 9.17) is 14.2 Å². The zero-order valence-corrected chi connectivity index (χ0v) is 12.5. The Bertz CT molecular complexity index is 347. The van der Waals surface area contributed by atoms with Crippen molar-refractivity contribution in [3.8, 4) is 5.75 Å². The molecule has 1 aromatic carbocycles. The standard InChI is InChI=1S/C15H25NO3/c1-11(2)19-14-8-6-13(7-9-14)10-16-12(3)15(17-4)18-5/h6-9,11-12,15-16H,10H2,1-5H3. The van der Waals surface area contributed by atoms with Gasteiger partial charge in [0.15, 0.2) is 6.29 Å². The molecule has 0 fully saturated rings. The Hall–Kier alpha value is -1.10. The van der Waals surface area contributed by atoms with Crippen LogP contribution in [0.2, 0.25) is 0 Å². The minimum absolute atomic E-state index is 0.126. The number of hydrogen-bond acceptors (Lipinski definition) is 4. The van der Waals surface area contributed by atoms with Crippen LogP contribution in [0, 0.1) is 0 Å². The molecular weight excluding hydrogens is 242 g/mol. The van der Waals surface area contributed by atoms with Gasteiger partial charge in [0.05, 0.1) is 12.1 Å². The second-order valence-corrected chi connectivity index (χ2v) is 4.82. The summed E-state index contributed by atoms with van der Waals surface area (Å²) in [5, 5.41) is 3.37. The largest absolute Gasteiger partial charge is 0.491 e. The zero-order valence-electron chi connectivity index (χ0n) is 12.5. The molecule has 0 amide bonds. The van der Waals surface area contributed by atoms with Crippen LogP contribution < -0.4 is 10.1 Å². The van der Waals surface area contributed by atoms with Gasteiger partial charge in [0.2, 0.25) is 0 Å². The molecule has 0 aliphatic heterocycles. The van der Waals surface area contributed by atoms with E-state index in [1.807, 2.05) is 32.9 Å². The number of ether oxygens (including phenoxy) is 3. The van der Waals surface area contributed by atoms with E-state index < -0.39 is 0 Å². The van der Waals surface area contributed by atoms with Gasteiger partial charge in [-0.1, -0.05) is 12.1 Å². The molecule has 0 spiro atoms. The molecule has 1 rings (SSSR count). The predicted octanol–water partition coefficient (Wildman–Crippen LogP) is 2.57. The fourth-order valence-electron chi connectivity index (χ4n) is 1.84. The van der Waals surface area contributed by atoms with Gasteiger partial charge in [-0.2, -0.15) is 0 Å². The Kier molecular flexibility index (Phi) is 6.84. The van der Waals surface area contributed by atoms with E-state index in [0.29, 0.717) is 0 Å². The van der Waals surface area contributed by atoms with Gasteiger partial charge in [0, 0.05) is 20.8 Å². The molecule has 108 valence electrons. The molecule has 1 aromatic rings. The average Bonchev–Trinajstić information content (AvgIpc) is 2.38. The summed E-state index contributed by atoms with van der Waals surface area (Å²) < 4.78 is 16.0. The second-order valence-electron chi connectivity index (χ2n) is 4.82. The summed E-state index contributed by atoms with van der Waals surface area (Å²) in [7, 11) is 3.29. The van der Waals surface area contributed by atoms with Gasteiger partial charge in [-0.15, -0.1) is 0 Å². The van der Waals surface area contributed by atoms with Crippen molar-refractivity contribution in [1.82, 2.24) is 5.32 Å². The van der Waals surface area contributed by atoms with Crippen LogP contribution in [0.4, 0.5) is 0 Å². The van der Waals surface area contributed by atoms with Gasteiger partial charge < -0.3 is 19.5 Å². The Labute approximate surface area is 116 Å². The lowest BCUT2D eigenvalue weighted by Gasteiger charge is -2.22. The molecule has 1 unspecified atom stereocenters. The van der Waals surface area contributed by atoms with Crippen molar-refractivity contribution >= 4 is 0 Å². The van der Waals surface area contributed by atoms with Crippen molar-refractivity contribution < 1.29 is 14.2 Å². The van der Waals surface area contributed by atoms with Crippen LogP contribution >= 0.6 is 0 Å². The molecule has 0 saturated carbocycles. The number of benzene rings is 1. The third kappa shape index (κ3) is 5.59. The summed E-state index contributed by atoms with van der Waals surface area (Å²) in [4.78, 5) is 0. The van der Waals surface area contributed by atoms with Gasteiger partial charge >= 0.3 is 0 Å². The van der Waals surface area contributed by atoms with Crippen molar-refractivity contribution in [3.63, 3.8) is 0 Å². The molecule has 0 aromatic heterocycles. The monoisotopic (exact) mass is 267 g/mol. The second kappa shape index (κ2) is 8.15. The Morgan fingerprint density at radius 2 is 1.58 bits per heavy atom. The summed E-state index contributed by atoms with van der Waals surface area (Å²) in [6, 6.07) is 8.23. The molecule has 0 radical (unpaired) electrons. The Balaban J connectivity index is 2.45. The van der Waals surface area contributed by atoms with Crippen LogP contribution in [-0.2, 0) is 16.0 Å². The van der Waals surface area contributed by atoms with Crippen LogP contribution in [-0.4, -0.2) is 32.7 Å². The molecule has 0 saturated heterocycles. The highest BCUT2D eigenvalue weighted by atomic mass is 16.7. The molecule has 0 bridgehead atoms. The highest BCUT2D eigenvalue weighted by Crippen LogP contribution is 2.14. The maximum absolute atomic E-state index is 5.61. The topological polar surface area (TPSA) is 39.7 Å². The zero-order chi connectivity index (χ0) is 14.3. The molecule has 0 aliphatic rings. The first-order chi connectivity index (χ1) is 9.06. The Morgan fingerprint density at radius 3 is 2.05 bits per heavy atom. The van der Waals surface area contributed by atoms with Crippen LogP contribution in [0.3, 0.4) is 0 Å². The molecule has 1 atom stereocenters. The molecular formula is C15H25NO3. The van der Waals surface area contributed by atoms with E-state index in [2.05, 4.69) is 17.4 Å². The van der Waals surface area contributed by atoms with Gasteiger partial charge in [-0.05, 0) is 38.5 Å². The van der Waals surface area contributed by atoms with E-state index in [0.717, 1.165) is 12.3 Å². The number of nitrogens with one attached hydrogen (secondary N) is 1. The molecule has 0 aliphatic carbocycles. The van der Waals surface area contributed by atoms with Crippen molar-refractivity contribution in [1.29, 1.82) is 0 Å². The minimum Gasteiger partial charge on any atom is -0.491 e. The van der Waals surface area contributed by atoms with Crippen molar-refractivity contribution in [2.45, 2.75) is 45.8 Å². The first-order valence-electron chi connectivity index (χ1n) is 6.61. The van der Waals surface area contributed by atoms with Gasteiger partial charge in [0.25, 0.3) is 0 Å². The highest BCUT2D eigenvalue weighted by molar-refractivity contribution is 5.27. The molecule has 0 heterocycles. The van der Waals surface area contributed by atoms with Crippen molar-refractivity contribution in [3.05, 3.63) is 29.8 Å². The number of rotatable bonds is 8. The van der Waals surface area contributed by atoms with E-state index >= 15 is 0 Å². The fourth-order valence-corrected chi connectivity index (χ4v) is 1.84. The summed E-state index contributed by atoms with van der Waals surface area (Å²) in [6.45, 7) is 6.85. The Morgan fingerprint density at radius 1 is 1.00 bits per heavy atom. The van der Waals surface area contributed by atoms with E-state index in [1.54, 1.807) is 14.2 Å². The smallest absolute Gasteiger partial charge is 0.171 e.